The van der Waals surface area contributed by atoms with E-state index in [9.17, 15) is 0 Å². The fourth-order valence-corrected chi connectivity index (χ4v) is 4.05. The molecule has 2 N–H and O–H groups in total. The van der Waals surface area contributed by atoms with E-state index in [-0.39, 0.29) is 0 Å². The van der Waals surface area contributed by atoms with Crippen LogP contribution in [0.2, 0.25) is 0 Å². The van der Waals surface area contributed by atoms with Gasteiger partial charge in [-0.2, -0.15) is 0 Å². The van der Waals surface area contributed by atoms with Gasteiger partial charge in [0.1, 0.15) is 0 Å². The summed E-state index contributed by atoms with van der Waals surface area (Å²) in [5, 5.41) is 0. The maximum absolute atomic E-state index is 6.08. The van der Waals surface area contributed by atoms with Gasteiger partial charge in [0.15, 0.2) is 0 Å². The third-order valence-corrected chi connectivity index (χ3v) is 5.01. The van der Waals surface area contributed by atoms with E-state index in [1.54, 1.807) is 0 Å². The van der Waals surface area contributed by atoms with Crippen LogP contribution in [0.3, 0.4) is 0 Å². The van der Waals surface area contributed by atoms with Gasteiger partial charge in [-0.3, -0.25) is 0 Å². The molecule has 0 saturated carbocycles. The van der Waals surface area contributed by atoms with Crippen LogP contribution in [0.5, 0.6) is 0 Å². The van der Waals surface area contributed by atoms with Gasteiger partial charge in [0.25, 0.3) is 0 Å². The molecular weight excluding hydrogens is 252 g/mol. The standard InChI is InChI=1S/C16H20N2S/c1-11-9-13-5-3-4-6-14(13)18(11)15(10-17)16-8-7-12(2)19-16/h3-8,11,15H,9-10,17H2,1-2H3. The molecule has 100 valence electrons. The van der Waals surface area contributed by atoms with Crippen molar-refractivity contribution in [2.24, 2.45) is 5.73 Å². The number of anilines is 1. The van der Waals surface area contributed by atoms with Gasteiger partial charge < -0.3 is 10.6 Å². The Morgan fingerprint density at radius 1 is 1.32 bits per heavy atom. The predicted molar refractivity (Wildman–Crippen MR) is 82.9 cm³/mol. The number of fused-ring (bicyclic) bond motifs is 1. The molecule has 2 heterocycles. The molecule has 0 fully saturated rings. The second kappa shape index (κ2) is 4.99. The fourth-order valence-electron chi connectivity index (χ4n) is 3.06. The third-order valence-electron chi connectivity index (χ3n) is 3.91. The van der Waals surface area contributed by atoms with Crippen molar-refractivity contribution in [2.75, 3.05) is 11.4 Å². The second-order valence-corrected chi connectivity index (χ2v) is 6.61. The fraction of sp³-hybridized carbons (Fsp3) is 0.375. The Morgan fingerprint density at radius 2 is 2.11 bits per heavy atom. The number of rotatable bonds is 3. The van der Waals surface area contributed by atoms with Gasteiger partial charge in [-0.25, -0.2) is 0 Å². The number of benzene rings is 1. The quantitative estimate of drug-likeness (QED) is 0.926. The summed E-state index contributed by atoms with van der Waals surface area (Å²) in [6, 6.07) is 14.0. The first-order valence-electron chi connectivity index (χ1n) is 6.83. The summed E-state index contributed by atoms with van der Waals surface area (Å²) in [4.78, 5) is 5.23. The van der Waals surface area contributed by atoms with E-state index in [4.69, 9.17) is 5.73 Å². The van der Waals surface area contributed by atoms with Gasteiger partial charge in [-0.05, 0) is 44.0 Å². The highest BCUT2D eigenvalue weighted by Crippen LogP contribution is 2.39. The van der Waals surface area contributed by atoms with E-state index in [1.807, 2.05) is 11.3 Å². The smallest absolute Gasteiger partial charge is 0.0760 e. The van der Waals surface area contributed by atoms with Crippen molar-refractivity contribution in [2.45, 2.75) is 32.4 Å². The van der Waals surface area contributed by atoms with Gasteiger partial charge in [-0.1, -0.05) is 18.2 Å². The Labute approximate surface area is 118 Å². The molecule has 0 aliphatic carbocycles. The lowest BCUT2D eigenvalue weighted by atomic mass is 10.1. The number of hydrogen-bond acceptors (Lipinski definition) is 3. The number of hydrogen-bond donors (Lipinski definition) is 1. The highest BCUT2D eigenvalue weighted by atomic mass is 32.1. The summed E-state index contributed by atoms with van der Waals surface area (Å²) in [5.41, 5.74) is 8.88. The Bertz CT molecular complexity index is 576. The van der Waals surface area contributed by atoms with Crippen LogP contribution in [0.25, 0.3) is 0 Å². The van der Waals surface area contributed by atoms with E-state index in [1.165, 1.54) is 21.0 Å². The zero-order valence-electron chi connectivity index (χ0n) is 11.5. The Hall–Kier alpha value is -1.32. The van der Waals surface area contributed by atoms with Crippen LogP contribution < -0.4 is 10.6 Å². The monoisotopic (exact) mass is 272 g/mol. The molecule has 0 amide bonds. The molecule has 1 aliphatic heterocycles. The molecule has 0 saturated heterocycles. The van der Waals surface area contributed by atoms with E-state index < -0.39 is 0 Å². The lowest BCUT2D eigenvalue weighted by molar-refractivity contribution is 0.575. The minimum atomic E-state index is 0.303. The molecule has 0 bridgehead atoms. The van der Waals surface area contributed by atoms with Gasteiger partial charge in [0.05, 0.1) is 6.04 Å². The number of para-hydroxylation sites is 1. The van der Waals surface area contributed by atoms with Gasteiger partial charge in [0.2, 0.25) is 0 Å². The summed E-state index contributed by atoms with van der Waals surface area (Å²) in [5.74, 6) is 0. The molecule has 19 heavy (non-hydrogen) atoms. The minimum absolute atomic E-state index is 0.303. The molecule has 1 aromatic carbocycles. The molecular formula is C16H20N2S. The van der Waals surface area contributed by atoms with E-state index in [0.717, 1.165) is 6.42 Å². The number of nitrogens with two attached hydrogens (primary N) is 1. The average Bonchev–Trinajstić information content (AvgIpc) is 2.96. The molecule has 3 heteroatoms. The van der Waals surface area contributed by atoms with Gasteiger partial charge in [-0.15, -0.1) is 11.3 Å². The van der Waals surface area contributed by atoms with E-state index in [2.05, 4.69) is 55.1 Å². The first kappa shape index (κ1) is 12.7. The maximum atomic E-state index is 6.08. The van der Waals surface area contributed by atoms with Crippen LogP contribution in [-0.2, 0) is 6.42 Å². The topological polar surface area (TPSA) is 29.3 Å². The Balaban J connectivity index is 2.00. The zero-order valence-corrected chi connectivity index (χ0v) is 12.3. The first-order valence-corrected chi connectivity index (χ1v) is 7.65. The average molecular weight is 272 g/mol. The van der Waals surface area contributed by atoms with Crippen molar-refractivity contribution in [1.29, 1.82) is 0 Å². The molecule has 2 aromatic rings. The number of aryl methyl sites for hydroxylation is 1. The molecule has 1 aliphatic rings. The van der Waals surface area contributed by atoms with Crippen molar-refractivity contribution in [1.82, 2.24) is 0 Å². The summed E-state index contributed by atoms with van der Waals surface area (Å²) in [6.07, 6.45) is 1.12. The van der Waals surface area contributed by atoms with Crippen molar-refractivity contribution in [3.63, 3.8) is 0 Å². The second-order valence-electron chi connectivity index (χ2n) is 5.29. The zero-order chi connectivity index (χ0) is 13.4. The van der Waals surface area contributed by atoms with E-state index in [0.29, 0.717) is 18.6 Å². The maximum Gasteiger partial charge on any atom is 0.0760 e. The summed E-state index contributed by atoms with van der Waals surface area (Å²) >= 11 is 1.86. The molecule has 2 nitrogen and oxygen atoms in total. The molecule has 2 unspecified atom stereocenters. The molecule has 0 spiro atoms. The summed E-state index contributed by atoms with van der Waals surface area (Å²) < 4.78 is 0. The van der Waals surface area contributed by atoms with Crippen molar-refractivity contribution >= 4 is 17.0 Å². The molecule has 0 radical (unpaired) electrons. The Kier molecular flexibility index (Phi) is 3.33. The predicted octanol–water partition coefficient (Wildman–Crippen LogP) is 3.51. The van der Waals surface area contributed by atoms with Crippen LogP contribution in [0.15, 0.2) is 36.4 Å². The SMILES string of the molecule is Cc1ccc(C(CN)N2c3ccccc3CC2C)s1. The lowest BCUT2D eigenvalue weighted by Crippen LogP contribution is -2.37. The number of thiophene rings is 1. The van der Waals surface area contributed by atoms with Crippen molar-refractivity contribution in [3.8, 4) is 0 Å². The highest BCUT2D eigenvalue weighted by Gasteiger charge is 2.32. The van der Waals surface area contributed by atoms with Crippen LogP contribution in [0.4, 0.5) is 5.69 Å². The van der Waals surface area contributed by atoms with Crippen LogP contribution >= 0.6 is 11.3 Å². The first-order chi connectivity index (χ1) is 9.20. The van der Waals surface area contributed by atoms with Crippen LogP contribution in [-0.4, -0.2) is 12.6 Å². The van der Waals surface area contributed by atoms with E-state index >= 15 is 0 Å². The van der Waals surface area contributed by atoms with Gasteiger partial charge in [0, 0.05) is 28.0 Å². The molecule has 3 rings (SSSR count). The summed E-state index contributed by atoms with van der Waals surface area (Å²) in [6.45, 7) is 5.12. The normalized spacial score (nSPS) is 19.5. The summed E-state index contributed by atoms with van der Waals surface area (Å²) in [7, 11) is 0. The largest absolute Gasteiger partial charge is 0.359 e. The van der Waals surface area contributed by atoms with Crippen molar-refractivity contribution in [3.05, 3.63) is 51.7 Å². The Morgan fingerprint density at radius 3 is 2.79 bits per heavy atom. The lowest BCUT2D eigenvalue weighted by Gasteiger charge is -2.33. The van der Waals surface area contributed by atoms with Crippen LogP contribution in [0, 0.1) is 6.92 Å². The highest BCUT2D eigenvalue weighted by molar-refractivity contribution is 7.12. The minimum Gasteiger partial charge on any atom is -0.359 e. The number of nitrogens with zero attached hydrogens (tertiary/aromatic N) is 1. The molecule has 2 atom stereocenters. The molecule has 1 aromatic heterocycles. The van der Waals surface area contributed by atoms with Crippen molar-refractivity contribution < 1.29 is 0 Å². The van der Waals surface area contributed by atoms with Crippen LogP contribution in [0.1, 0.15) is 28.3 Å². The third kappa shape index (κ3) is 2.17. The van der Waals surface area contributed by atoms with Gasteiger partial charge >= 0.3 is 0 Å².